The lowest BCUT2D eigenvalue weighted by Crippen LogP contribution is -2.11. The van der Waals surface area contributed by atoms with E-state index in [0.29, 0.717) is 33.0 Å². The first kappa shape index (κ1) is 17.7. The fourth-order valence-corrected chi connectivity index (χ4v) is 2.54. The third-order valence-corrected chi connectivity index (χ3v) is 3.94. The largest absolute Gasteiger partial charge is 0.491 e. The average Bonchev–Trinajstić information content (AvgIpc) is 2.95. The number of aromatic nitrogens is 1. The Morgan fingerprint density at radius 1 is 1.09 bits per heavy atom. The molecule has 126 valence electrons. The van der Waals surface area contributed by atoms with E-state index in [0.717, 1.165) is 22.1 Å². The number of hydrogen-bond donors (Lipinski definition) is 0. The van der Waals surface area contributed by atoms with E-state index in [2.05, 4.69) is 4.98 Å². The highest BCUT2D eigenvalue weighted by atomic mass is 32.1. The molecule has 5 nitrogen and oxygen atoms in total. The molecule has 1 aromatic heterocycles. The van der Waals surface area contributed by atoms with Gasteiger partial charge in [0.05, 0.1) is 37.1 Å². The molecular formula is C17H24N2O3S. The van der Waals surface area contributed by atoms with Gasteiger partial charge in [0.15, 0.2) is 0 Å². The molecule has 0 N–H and O–H groups in total. The molecule has 1 aromatic carbocycles. The third kappa shape index (κ3) is 6.56. The van der Waals surface area contributed by atoms with Gasteiger partial charge in [0.2, 0.25) is 0 Å². The highest BCUT2D eigenvalue weighted by Crippen LogP contribution is 2.19. The first-order valence-corrected chi connectivity index (χ1v) is 8.50. The summed E-state index contributed by atoms with van der Waals surface area (Å²) in [4.78, 5) is 6.39. The lowest BCUT2D eigenvalue weighted by atomic mass is 10.3. The highest BCUT2D eigenvalue weighted by molar-refractivity contribution is 7.09. The summed E-state index contributed by atoms with van der Waals surface area (Å²) in [7, 11) is 4.02. The summed E-state index contributed by atoms with van der Waals surface area (Å²) >= 11 is 1.64. The summed E-state index contributed by atoms with van der Waals surface area (Å²) in [5.74, 6) is 0.856. The lowest BCUT2D eigenvalue weighted by molar-refractivity contribution is 0.0296. The van der Waals surface area contributed by atoms with Crippen molar-refractivity contribution in [3.05, 3.63) is 40.3 Å². The Kier molecular flexibility index (Phi) is 7.32. The molecule has 23 heavy (non-hydrogen) atoms. The Balaban J connectivity index is 1.51. The van der Waals surface area contributed by atoms with Gasteiger partial charge in [-0.25, -0.2) is 4.98 Å². The number of rotatable bonds is 10. The predicted octanol–water partition coefficient (Wildman–Crippen LogP) is 3.13. The Morgan fingerprint density at radius 3 is 2.61 bits per heavy atom. The number of anilines is 1. The zero-order chi connectivity index (χ0) is 16.5. The van der Waals surface area contributed by atoms with Crippen molar-refractivity contribution in [2.75, 3.05) is 45.4 Å². The monoisotopic (exact) mass is 336 g/mol. The molecule has 2 aromatic rings. The zero-order valence-electron chi connectivity index (χ0n) is 13.9. The van der Waals surface area contributed by atoms with Crippen molar-refractivity contribution < 1.29 is 14.2 Å². The summed E-state index contributed by atoms with van der Waals surface area (Å²) in [5.41, 5.74) is 2.10. The summed E-state index contributed by atoms with van der Waals surface area (Å²) < 4.78 is 16.7. The van der Waals surface area contributed by atoms with Crippen LogP contribution in [0.25, 0.3) is 0 Å². The molecule has 0 aliphatic heterocycles. The number of hydrogen-bond acceptors (Lipinski definition) is 6. The van der Waals surface area contributed by atoms with Gasteiger partial charge < -0.3 is 19.1 Å². The average molecular weight is 336 g/mol. The normalized spacial score (nSPS) is 10.7. The minimum atomic E-state index is 0.530. The Bertz CT molecular complexity index is 587. The van der Waals surface area contributed by atoms with Crippen LogP contribution in [0.1, 0.15) is 10.7 Å². The fraction of sp³-hybridized carbons (Fsp3) is 0.471. The maximum Gasteiger partial charge on any atom is 0.121 e. The van der Waals surface area contributed by atoms with Gasteiger partial charge in [-0.1, -0.05) is 6.07 Å². The molecule has 0 unspecified atom stereocenters. The third-order valence-electron chi connectivity index (χ3n) is 3.12. The minimum Gasteiger partial charge on any atom is -0.491 e. The number of benzene rings is 1. The Morgan fingerprint density at radius 2 is 1.87 bits per heavy atom. The van der Waals surface area contributed by atoms with E-state index >= 15 is 0 Å². The zero-order valence-corrected chi connectivity index (χ0v) is 14.8. The van der Waals surface area contributed by atoms with Crippen LogP contribution in [0.15, 0.2) is 29.6 Å². The van der Waals surface area contributed by atoms with E-state index in [1.165, 1.54) is 0 Å². The van der Waals surface area contributed by atoms with Gasteiger partial charge in [-0.05, 0) is 19.1 Å². The molecule has 0 atom stereocenters. The van der Waals surface area contributed by atoms with Crippen molar-refractivity contribution in [2.24, 2.45) is 0 Å². The van der Waals surface area contributed by atoms with Crippen LogP contribution in [0.5, 0.6) is 5.75 Å². The molecule has 0 bridgehead atoms. The van der Waals surface area contributed by atoms with E-state index < -0.39 is 0 Å². The molecule has 0 saturated carbocycles. The van der Waals surface area contributed by atoms with E-state index in [1.54, 1.807) is 11.3 Å². The molecule has 0 spiro atoms. The molecule has 0 fully saturated rings. The molecule has 0 aliphatic carbocycles. The molecule has 0 aliphatic rings. The van der Waals surface area contributed by atoms with Crippen molar-refractivity contribution >= 4 is 17.0 Å². The van der Waals surface area contributed by atoms with Gasteiger partial charge in [0.25, 0.3) is 0 Å². The minimum absolute atomic E-state index is 0.530. The van der Waals surface area contributed by atoms with E-state index in [-0.39, 0.29) is 0 Å². The van der Waals surface area contributed by atoms with E-state index in [9.17, 15) is 0 Å². The van der Waals surface area contributed by atoms with Crippen LogP contribution in [0.4, 0.5) is 5.69 Å². The number of nitrogens with zero attached hydrogens (tertiary/aromatic N) is 2. The molecule has 6 heteroatoms. The van der Waals surface area contributed by atoms with Crippen LogP contribution >= 0.6 is 11.3 Å². The van der Waals surface area contributed by atoms with Crippen molar-refractivity contribution in [2.45, 2.75) is 13.5 Å². The van der Waals surface area contributed by atoms with Crippen LogP contribution in [0.3, 0.4) is 0 Å². The van der Waals surface area contributed by atoms with Crippen LogP contribution in [0, 0.1) is 6.92 Å². The van der Waals surface area contributed by atoms with Crippen LogP contribution in [0.2, 0.25) is 0 Å². The topological polar surface area (TPSA) is 43.8 Å². The second kappa shape index (κ2) is 9.50. The number of thiazole rings is 1. The molecular weight excluding hydrogens is 312 g/mol. The first-order chi connectivity index (χ1) is 11.1. The lowest BCUT2D eigenvalue weighted by Gasteiger charge is -2.14. The maximum absolute atomic E-state index is 5.67. The smallest absolute Gasteiger partial charge is 0.121 e. The van der Waals surface area contributed by atoms with Crippen molar-refractivity contribution in [3.8, 4) is 5.75 Å². The van der Waals surface area contributed by atoms with E-state index in [1.807, 2.05) is 55.6 Å². The van der Waals surface area contributed by atoms with Crippen LogP contribution < -0.4 is 9.64 Å². The Labute approximate surface area is 141 Å². The quantitative estimate of drug-likeness (QED) is 0.624. The van der Waals surface area contributed by atoms with Gasteiger partial charge in [-0.2, -0.15) is 0 Å². The molecule has 0 amide bonds. The highest BCUT2D eigenvalue weighted by Gasteiger charge is 2.00. The summed E-state index contributed by atoms with van der Waals surface area (Å²) in [5, 5.41) is 3.08. The SMILES string of the molecule is Cc1nc(COCCOCCOc2cccc(N(C)C)c2)cs1. The van der Waals surface area contributed by atoms with Crippen molar-refractivity contribution in [1.82, 2.24) is 4.98 Å². The second-order valence-electron chi connectivity index (χ2n) is 5.26. The summed E-state index contributed by atoms with van der Waals surface area (Å²) in [6.07, 6.45) is 0. The molecule has 0 saturated heterocycles. The fourth-order valence-electron chi connectivity index (χ4n) is 1.94. The maximum atomic E-state index is 5.67. The first-order valence-electron chi connectivity index (χ1n) is 7.62. The molecule has 1 heterocycles. The predicted molar refractivity (Wildman–Crippen MR) is 93.6 cm³/mol. The van der Waals surface area contributed by atoms with Gasteiger partial charge in [-0.15, -0.1) is 11.3 Å². The summed E-state index contributed by atoms with van der Waals surface area (Å²) in [6.45, 7) is 4.73. The van der Waals surface area contributed by atoms with Gasteiger partial charge >= 0.3 is 0 Å². The number of ether oxygens (including phenoxy) is 3. The molecule has 0 radical (unpaired) electrons. The van der Waals surface area contributed by atoms with Gasteiger partial charge in [-0.3, -0.25) is 0 Å². The molecule has 2 rings (SSSR count). The Hall–Kier alpha value is -1.63. The van der Waals surface area contributed by atoms with Crippen molar-refractivity contribution in [1.29, 1.82) is 0 Å². The summed E-state index contributed by atoms with van der Waals surface area (Å²) in [6, 6.07) is 8.00. The standard InChI is InChI=1S/C17H24N2O3S/c1-14-18-15(13-23-14)12-21-8-7-20-9-10-22-17-6-4-5-16(11-17)19(2)3/h4-6,11,13H,7-10,12H2,1-3H3. The van der Waals surface area contributed by atoms with Crippen LogP contribution in [-0.4, -0.2) is 45.5 Å². The van der Waals surface area contributed by atoms with Crippen LogP contribution in [-0.2, 0) is 16.1 Å². The second-order valence-corrected chi connectivity index (χ2v) is 6.33. The van der Waals surface area contributed by atoms with Gasteiger partial charge in [0.1, 0.15) is 12.4 Å². The number of aryl methyl sites for hydroxylation is 1. The van der Waals surface area contributed by atoms with Gasteiger partial charge in [0, 0.05) is 31.2 Å². The van der Waals surface area contributed by atoms with Crippen molar-refractivity contribution in [3.63, 3.8) is 0 Å². The van der Waals surface area contributed by atoms with E-state index in [4.69, 9.17) is 14.2 Å².